The highest BCUT2D eigenvalue weighted by Crippen LogP contribution is 2.25. The quantitative estimate of drug-likeness (QED) is 0.900. The second-order valence-electron chi connectivity index (χ2n) is 4.90. The lowest BCUT2D eigenvalue weighted by atomic mass is 10.2. The largest absolute Gasteiger partial charge is 0.369 e. The monoisotopic (exact) mass is 278 g/mol. The number of nitrogens with one attached hydrogen (secondary N) is 1. The lowest BCUT2D eigenvalue weighted by Crippen LogP contribution is -2.31. The Morgan fingerprint density at radius 1 is 1.55 bits per heavy atom. The van der Waals surface area contributed by atoms with Crippen molar-refractivity contribution in [2.75, 3.05) is 12.3 Å². The van der Waals surface area contributed by atoms with Gasteiger partial charge < -0.3 is 11.1 Å². The topological polar surface area (TPSA) is 72.9 Å². The highest BCUT2D eigenvalue weighted by molar-refractivity contribution is 5.85. The standard InChI is InChI=1S/C14H19FN4O/c1-4-5-17-13(20)9(3)19-12-6-8(2)10(15)7-11(12)18-14(19)16/h6-7,9H,4-5H2,1-3H3,(H2,16,18)(H,17,20). The van der Waals surface area contributed by atoms with E-state index >= 15 is 0 Å². The third-order valence-corrected chi connectivity index (χ3v) is 3.31. The van der Waals surface area contributed by atoms with Gasteiger partial charge in [-0.1, -0.05) is 6.92 Å². The van der Waals surface area contributed by atoms with Crippen LogP contribution in [0.15, 0.2) is 12.1 Å². The van der Waals surface area contributed by atoms with Crippen LogP contribution in [0.2, 0.25) is 0 Å². The van der Waals surface area contributed by atoms with Gasteiger partial charge in [0.25, 0.3) is 0 Å². The summed E-state index contributed by atoms with van der Waals surface area (Å²) in [5, 5.41) is 2.82. The summed E-state index contributed by atoms with van der Waals surface area (Å²) in [5.41, 5.74) is 7.50. The Morgan fingerprint density at radius 2 is 2.25 bits per heavy atom. The number of amides is 1. The molecule has 0 saturated carbocycles. The third-order valence-electron chi connectivity index (χ3n) is 3.31. The molecule has 2 aromatic rings. The number of nitrogens with two attached hydrogens (primary N) is 1. The van der Waals surface area contributed by atoms with Gasteiger partial charge in [-0.3, -0.25) is 9.36 Å². The molecule has 108 valence electrons. The van der Waals surface area contributed by atoms with Crippen molar-refractivity contribution in [2.45, 2.75) is 33.2 Å². The van der Waals surface area contributed by atoms with Crippen LogP contribution in [0.25, 0.3) is 11.0 Å². The number of fused-ring (bicyclic) bond motifs is 1. The van der Waals surface area contributed by atoms with E-state index in [-0.39, 0.29) is 17.7 Å². The Hall–Kier alpha value is -2.11. The van der Waals surface area contributed by atoms with Gasteiger partial charge in [-0.2, -0.15) is 0 Å². The number of nitrogens with zero attached hydrogens (tertiary/aromatic N) is 2. The summed E-state index contributed by atoms with van der Waals surface area (Å²) in [6, 6.07) is 2.52. The predicted molar refractivity (Wildman–Crippen MR) is 76.9 cm³/mol. The average molecular weight is 278 g/mol. The van der Waals surface area contributed by atoms with E-state index in [0.29, 0.717) is 23.1 Å². The van der Waals surface area contributed by atoms with E-state index in [2.05, 4.69) is 10.3 Å². The Bertz CT molecular complexity index is 650. The zero-order valence-corrected chi connectivity index (χ0v) is 11.9. The van der Waals surface area contributed by atoms with Crippen molar-refractivity contribution in [3.05, 3.63) is 23.5 Å². The summed E-state index contributed by atoms with van der Waals surface area (Å²) in [5.74, 6) is -0.241. The Labute approximate surface area is 117 Å². The maximum absolute atomic E-state index is 13.5. The van der Waals surface area contributed by atoms with Gasteiger partial charge in [0.05, 0.1) is 11.0 Å². The lowest BCUT2D eigenvalue weighted by molar-refractivity contribution is -0.123. The molecule has 1 heterocycles. The Morgan fingerprint density at radius 3 is 2.90 bits per heavy atom. The van der Waals surface area contributed by atoms with Crippen LogP contribution >= 0.6 is 0 Å². The summed E-state index contributed by atoms with van der Waals surface area (Å²) in [6.45, 7) is 6.02. The maximum Gasteiger partial charge on any atom is 0.242 e. The number of hydrogen-bond acceptors (Lipinski definition) is 3. The number of halogens is 1. The van der Waals surface area contributed by atoms with E-state index in [9.17, 15) is 9.18 Å². The molecular formula is C14H19FN4O. The molecule has 0 saturated heterocycles. The molecule has 1 aromatic heterocycles. The predicted octanol–water partition coefficient (Wildman–Crippen LogP) is 2.15. The first-order valence-corrected chi connectivity index (χ1v) is 6.67. The summed E-state index contributed by atoms with van der Waals surface area (Å²) in [6.07, 6.45) is 0.864. The number of carbonyl (C=O) groups is 1. The molecule has 20 heavy (non-hydrogen) atoms. The highest BCUT2D eigenvalue weighted by Gasteiger charge is 2.20. The van der Waals surface area contributed by atoms with Crippen molar-refractivity contribution in [3.63, 3.8) is 0 Å². The van der Waals surface area contributed by atoms with Crippen molar-refractivity contribution in [1.29, 1.82) is 0 Å². The molecule has 0 aliphatic rings. The van der Waals surface area contributed by atoms with Crippen molar-refractivity contribution in [1.82, 2.24) is 14.9 Å². The smallest absolute Gasteiger partial charge is 0.242 e. The summed E-state index contributed by atoms with van der Waals surface area (Å²) in [4.78, 5) is 16.2. The molecule has 3 N–H and O–H groups in total. The molecule has 0 fully saturated rings. The molecular weight excluding hydrogens is 259 g/mol. The molecule has 0 aliphatic carbocycles. The fourth-order valence-electron chi connectivity index (χ4n) is 2.16. The zero-order valence-electron chi connectivity index (χ0n) is 11.9. The number of benzene rings is 1. The summed E-state index contributed by atoms with van der Waals surface area (Å²) in [7, 11) is 0. The number of aromatic nitrogens is 2. The van der Waals surface area contributed by atoms with E-state index in [1.165, 1.54) is 6.07 Å². The third kappa shape index (κ3) is 2.45. The van der Waals surface area contributed by atoms with Crippen LogP contribution in [0.3, 0.4) is 0 Å². The van der Waals surface area contributed by atoms with Crippen molar-refractivity contribution in [2.24, 2.45) is 0 Å². The number of nitrogen functional groups attached to an aromatic ring is 1. The van der Waals surface area contributed by atoms with Crippen LogP contribution < -0.4 is 11.1 Å². The molecule has 0 spiro atoms. The zero-order chi connectivity index (χ0) is 14.9. The fourth-order valence-corrected chi connectivity index (χ4v) is 2.16. The first kappa shape index (κ1) is 14.3. The van der Waals surface area contributed by atoms with Crippen molar-refractivity contribution >= 4 is 22.9 Å². The molecule has 1 unspecified atom stereocenters. The minimum atomic E-state index is -0.489. The van der Waals surface area contributed by atoms with Gasteiger partial charge in [0.15, 0.2) is 0 Å². The molecule has 0 radical (unpaired) electrons. The fraction of sp³-hybridized carbons (Fsp3) is 0.429. The highest BCUT2D eigenvalue weighted by atomic mass is 19.1. The minimum Gasteiger partial charge on any atom is -0.369 e. The molecule has 5 nitrogen and oxygen atoms in total. The number of rotatable bonds is 4. The van der Waals surface area contributed by atoms with E-state index in [1.54, 1.807) is 24.5 Å². The van der Waals surface area contributed by atoms with Gasteiger partial charge in [-0.05, 0) is 31.9 Å². The van der Waals surface area contributed by atoms with Crippen LogP contribution in [0, 0.1) is 12.7 Å². The molecule has 6 heteroatoms. The van der Waals surface area contributed by atoms with Gasteiger partial charge in [0.1, 0.15) is 11.9 Å². The second kappa shape index (κ2) is 5.48. The number of imidazole rings is 1. The van der Waals surface area contributed by atoms with Gasteiger partial charge in [-0.15, -0.1) is 0 Å². The van der Waals surface area contributed by atoms with Crippen LogP contribution in [-0.2, 0) is 4.79 Å². The van der Waals surface area contributed by atoms with E-state index < -0.39 is 6.04 Å². The summed E-state index contributed by atoms with van der Waals surface area (Å²) >= 11 is 0. The van der Waals surface area contributed by atoms with Gasteiger partial charge >= 0.3 is 0 Å². The van der Waals surface area contributed by atoms with Crippen LogP contribution in [0.1, 0.15) is 31.9 Å². The van der Waals surface area contributed by atoms with Gasteiger partial charge in [-0.25, -0.2) is 9.37 Å². The van der Waals surface area contributed by atoms with E-state index in [0.717, 1.165) is 6.42 Å². The summed E-state index contributed by atoms with van der Waals surface area (Å²) < 4.78 is 15.2. The maximum atomic E-state index is 13.5. The second-order valence-corrected chi connectivity index (χ2v) is 4.90. The number of anilines is 1. The normalized spacial score (nSPS) is 12.6. The van der Waals surface area contributed by atoms with Crippen LogP contribution in [-0.4, -0.2) is 22.0 Å². The average Bonchev–Trinajstić information content (AvgIpc) is 2.71. The Balaban J connectivity index is 2.45. The van der Waals surface area contributed by atoms with E-state index in [1.807, 2.05) is 6.92 Å². The number of aryl methyl sites for hydroxylation is 1. The molecule has 2 rings (SSSR count). The molecule has 1 amide bonds. The Kier molecular flexibility index (Phi) is 3.92. The SMILES string of the molecule is CCCNC(=O)C(C)n1c(N)nc2cc(F)c(C)cc21. The van der Waals surface area contributed by atoms with Crippen LogP contribution in [0.4, 0.5) is 10.3 Å². The molecule has 0 aliphatic heterocycles. The molecule has 0 bridgehead atoms. The first-order chi connectivity index (χ1) is 9.45. The first-order valence-electron chi connectivity index (χ1n) is 6.67. The van der Waals surface area contributed by atoms with Gasteiger partial charge in [0, 0.05) is 12.6 Å². The van der Waals surface area contributed by atoms with Crippen molar-refractivity contribution < 1.29 is 9.18 Å². The van der Waals surface area contributed by atoms with E-state index in [4.69, 9.17) is 5.73 Å². The van der Waals surface area contributed by atoms with Gasteiger partial charge in [0.2, 0.25) is 11.9 Å². The van der Waals surface area contributed by atoms with Crippen LogP contribution in [0.5, 0.6) is 0 Å². The van der Waals surface area contributed by atoms with Crippen molar-refractivity contribution in [3.8, 4) is 0 Å². The lowest BCUT2D eigenvalue weighted by Gasteiger charge is -2.15. The molecule has 1 aromatic carbocycles. The number of hydrogen-bond donors (Lipinski definition) is 2. The molecule has 1 atom stereocenters. The minimum absolute atomic E-state index is 0.125. The number of carbonyl (C=O) groups excluding carboxylic acids is 1.